The highest BCUT2D eigenvalue weighted by molar-refractivity contribution is 5.24. The van der Waals surface area contributed by atoms with E-state index in [0.29, 0.717) is 11.9 Å². The molecule has 13 heavy (non-hydrogen) atoms. The quantitative estimate of drug-likeness (QED) is 0.702. The van der Waals surface area contributed by atoms with Crippen molar-refractivity contribution in [1.82, 2.24) is 24.7 Å². The zero-order valence-corrected chi connectivity index (χ0v) is 7.05. The van der Waals surface area contributed by atoms with Gasteiger partial charge in [0.25, 0.3) is 5.95 Å². The fourth-order valence-corrected chi connectivity index (χ4v) is 0.906. The van der Waals surface area contributed by atoms with Gasteiger partial charge in [0.1, 0.15) is 6.33 Å². The number of nitrogens with zero attached hydrogens (tertiary/aromatic N) is 5. The van der Waals surface area contributed by atoms with Gasteiger partial charge in [0, 0.05) is 19.4 Å². The lowest BCUT2D eigenvalue weighted by atomic mass is 10.7. The molecule has 0 saturated carbocycles. The first-order chi connectivity index (χ1) is 6.40. The van der Waals surface area contributed by atoms with Crippen LogP contribution in [-0.4, -0.2) is 31.8 Å². The number of nitrogens with one attached hydrogen (secondary N) is 1. The van der Waals surface area contributed by atoms with Gasteiger partial charge in [0.2, 0.25) is 5.95 Å². The van der Waals surface area contributed by atoms with Gasteiger partial charge in [-0.3, -0.25) is 0 Å². The molecule has 2 heterocycles. The predicted molar refractivity (Wildman–Crippen MR) is 46.5 cm³/mol. The lowest BCUT2D eigenvalue weighted by molar-refractivity contribution is 0.797. The maximum Gasteiger partial charge on any atom is 0.255 e. The van der Waals surface area contributed by atoms with E-state index in [4.69, 9.17) is 0 Å². The summed E-state index contributed by atoms with van der Waals surface area (Å²) in [7, 11) is 1.75. The van der Waals surface area contributed by atoms with Crippen molar-refractivity contribution in [1.29, 1.82) is 0 Å². The zero-order chi connectivity index (χ0) is 9.10. The van der Waals surface area contributed by atoms with Crippen molar-refractivity contribution in [2.75, 3.05) is 12.4 Å². The van der Waals surface area contributed by atoms with Crippen molar-refractivity contribution >= 4 is 5.95 Å². The molecular weight excluding hydrogens is 168 g/mol. The summed E-state index contributed by atoms with van der Waals surface area (Å²) in [5, 5.41) is 6.82. The van der Waals surface area contributed by atoms with E-state index < -0.39 is 0 Å². The normalized spacial score (nSPS) is 9.92. The van der Waals surface area contributed by atoms with Crippen molar-refractivity contribution in [2.45, 2.75) is 0 Å². The number of hydrogen-bond acceptors (Lipinski definition) is 5. The minimum absolute atomic E-state index is 0.504. The fourth-order valence-electron chi connectivity index (χ4n) is 0.906. The number of hydrogen-bond donors (Lipinski definition) is 1. The highest BCUT2D eigenvalue weighted by Crippen LogP contribution is 1.99. The van der Waals surface area contributed by atoms with Crippen LogP contribution in [0.3, 0.4) is 0 Å². The van der Waals surface area contributed by atoms with Crippen LogP contribution in [0, 0.1) is 0 Å². The van der Waals surface area contributed by atoms with Crippen molar-refractivity contribution < 1.29 is 0 Å². The van der Waals surface area contributed by atoms with Crippen molar-refractivity contribution in [3.05, 3.63) is 24.8 Å². The molecule has 6 heteroatoms. The zero-order valence-electron chi connectivity index (χ0n) is 7.05. The Morgan fingerprint density at radius 3 is 3.00 bits per heavy atom. The van der Waals surface area contributed by atoms with Crippen LogP contribution < -0.4 is 5.32 Å². The van der Waals surface area contributed by atoms with Crippen molar-refractivity contribution in [2.24, 2.45) is 0 Å². The first-order valence-corrected chi connectivity index (χ1v) is 3.77. The van der Waals surface area contributed by atoms with Crippen molar-refractivity contribution in [3.8, 4) is 5.95 Å². The monoisotopic (exact) mass is 176 g/mol. The highest BCUT2D eigenvalue weighted by atomic mass is 15.4. The molecule has 66 valence electrons. The first kappa shape index (κ1) is 7.66. The Morgan fingerprint density at radius 2 is 2.31 bits per heavy atom. The van der Waals surface area contributed by atoms with Crippen LogP contribution in [0.4, 0.5) is 5.95 Å². The Bertz CT molecular complexity index is 382. The molecule has 0 radical (unpaired) electrons. The molecule has 6 nitrogen and oxygen atoms in total. The van der Waals surface area contributed by atoms with Gasteiger partial charge in [0.15, 0.2) is 0 Å². The van der Waals surface area contributed by atoms with Crippen LogP contribution in [0.25, 0.3) is 5.95 Å². The molecule has 0 atom stereocenters. The average molecular weight is 176 g/mol. The van der Waals surface area contributed by atoms with E-state index in [2.05, 4.69) is 25.4 Å². The van der Waals surface area contributed by atoms with Crippen LogP contribution >= 0.6 is 0 Å². The lowest BCUT2D eigenvalue weighted by Gasteiger charge is -2.00. The van der Waals surface area contributed by atoms with Gasteiger partial charge in [-0.05, 0) is 6.07 Å². The summed E-state index contributed by atoms with van der Waals surface area (Å²) in [6.07, 6.45) is 4.88. The molecule has 0 bridgehead atoms. The second-order valence-electron chi connectivity index (χ2n) is 2.31. The summed E-state index contributed by atoms with van der Waals surface area (Å²) in [5.41, 5.74) is 0. The van der Waals surface area contributed by atoms with Gasteiger partial charge in [-0.25, -0.2) is 9.67 Å². The molecule has 1 N–H and O–H groups in total. The van der Waals surface area contributed by atoms with E-state index >= 15 is 0 Å². The molecule has 0 saturated heterocycles. The third kappa shape index (κ3) is 1.46. The van der Waals surface area contributed by atoms with E-state index in [1.165, 1.54) is 6.33 Å². The second-order valence-corrected chi connectivity index (χ2v) is 2.31. The van der Waals surface area contributed by atoms with Crippen LogP contribution in [0.15, 0.2) is 24.8 Å². The van der Waals surface area contributed by atoms with E-state index in [0.717, 1.165) is 0 Å². The molecule has 0 spiro atoms. The standard InChI is InChI=1S/C7H8N6/c1-8-6-9-5-10-7(12-6)13-4-2-3-11-13/h2-5H,1H3,(H,8,9,10,12). The lowest BCUT2D eigenvalue weighted by Crippen LogP contribution is -2.05. The molecule has 0 aliphatic carbocycles. The molecule has 2 rings (SSSR count). The molecule has 2 aromatic rings. The Kier molecular flexibility index (Phi) is 1.87. The van der Waals surface area contributed by atoms with Crippen LogP contribution in [0.1, 0.15) is 0 Å². The Morgan fingerprint density at radius 1 is 1.38 bits per heavy atom. The van der Waals surface area contributed by atoms with Gasteiger partial charge in [-0.2, -0.15) is 15.1 Å². The topological polar surface area (TPSA) is 68.5 Å². The summed E-state index contributed by atoms with van der Waals surface area (Å²) in [6, 6.07) is 1.81. The smallest absolute Gasteiger partial charge is 0.255 e. The maximum atomic E-state index is 4.10. The molecule has 0 fully saturated rings. The van der Waals surface area contributed by atoms with E-state index in [-0.39, 0.29) is 0 Å². The van der Waals surface area contributed by atoms with E-state index in [1.807, 2.05) is 6.07 Å². The van der Waals surface area contributed by atoms with Crippen LogP contribution in [-0.2, 0) is 0 Å². The predicted octanol–water partition coefficient (Wildman–Crippen LogP) is 0.0990. The second kappa shape index (κ2) is 3.18. The first-order valence-electron chi connectivity index (χ1n) is 3.77. The summed E-state index contributed by atoms with van der Waals surface area (Å²) in [5.74, 6) is 1.03. The van der Waals surface area contributed by atoms with E-state index in [9.17, 15) is 0 Å². The summed E-state index contributed by atoms with van der Waals surface area (Å²) in [6.45, 7) is 0. The SMILES string of the molecule is CNc1ncnc(-n2cccn2)n1. The molecule has 2 aromatic heterocycles. The summed E-state index contributed by atoms with van der Waals surface area (Å²) in [4.78, 5) is 12.0. The molecule has 0 unspecified atom stereocenters. The largest absolute Gasteiger partial charge is 0.357 e. The van der Waals surface area contributed by atoms with Gasteiger partial charge in [0.05, 0.1) is 0 Å². The Balaban J connectivity index is 2.41. The van der Waals surface area contributed by atoms with Gasteiger partial charge >= 0.3 is 0 Å². The summed E-state index contributed by atoms with van der Waals surface area (Å²) >= 11 is 0. The molecule has 0 amide bonds. The van der Waals surface area contributed by atoms with Crippen molar-refractivity contribution in [3.63, 3.8) is 0 Å². The third-order valence-corrected chi connectivity index (χ3v) is 1.49. The van der Waals surface area contributed by atoms with E-state index in [1.54, 1.807) is 24.1 Å². The molecular formula is C7H8N6. The fraction of sp³-hybridized carbons (Fsp3) is 0.143. The molecule has 0 aliphatic heterocycles. The number of anilines is 1. The molecule has 0 aromatic carbocycles. The minimum Gasteiger partial charge on any atom is -0.357 e. The third-order valence-electron chi connectivity index (χ3n) is 1.49. The number of aromatic nitrogens is 5. The number of rotatable bonds is 2. The molecule has 0 aliphatic rings. The van der Waals surface area contributed by atoms with Crippen LogP contribution in [0.5, 0.6) is 0 Å². The average Bonchev–Trinajstić information content (AvgIpc) is 2.71. The Hall–Kier alpha value is -1.98. The van der Waals surface area contributed by atoms with Gasteiger partial charge in [-0.15, -0.1) is 0 Å². The Labute approximate surface area is 74.7 Å². The summed E-state index contributed by atoms with van der Waals surface area (Å²) < 4.78 is 1.57. The van der Waals surface area contributed by atoms with Gasteiger partial charge < -0.3 is 5.32 Å². The van der Waals surface area contributed by atoms with Gasteiger partial charge in [-0.1, -0.05) is 0 Å². The minimum atomic E-state index is 0.504. The maximum absolute atomic E-state index is 4.10. The van der Waals surface area contributed by atoms with Crippen LogP contribution in [0.2, 0.25) is 0 Å². The highest BCUT2D eigenvalue weighted by Gasteiger charge is 2.00.